The van der Waals surface area contributed by atoms with E-state index in [-0.39, 0.29) is 5.78 Å². The highest BCUT2D eigenvalue weighted by atomic mass is 16.5. The molecular formula is C18H20O2. The Morgan fingerprint density at radius 3 is 1.95 bits per heavy atom. The van der Waals surface area contributed by atoms with Gasteiger partial charge in [0.05, 0.1) is 6.61 Å². The van der Waals surface area contributed by atoms with Gasteiger partial charge in [0.1, 0.15) is 5.75 Å². The summed E-state index contributed by atoms with van der Waals surface area (Å²) in [6, 6.07) is 15.8. The number of hydrogen-bond acceptors (Lipinski definition) is 2. The largest absolute Gasteiger partial charge is 0.494 e. The highest BCUT2D eigenvalue weighted by molar-refractivity contribution is 5.96. The van der Waals surface area contributed by atoms with E-state index >= 15 is 0 Å². The number of ketones is 1. The van der Waals surface area contributed by atoms with Crippen LogP contribution in [0.25, 0.3) is 11.1 Å². The SMILES string of the molecule is CCCOc1ccc(-c2ccc(C(=O)CC)cc2)cc1. The summed E-state index contributed by atoms with van der Waals surface area (Å²) >= 11 is 0. The molecule has 0 radical (unpaired) electrons. The molecule has 0 aromatic heterocycles. The second kappa shape index (κ2) is 6.90. The summed E-state index contributed by atoms with van der Waals surface area (Å²) in [4.78, 5) is 11.6. The topological polar surface area (TPSA) is 26.3 Å². The van der Waals surface area contributed by atoms with Crippen molar-refractivity contribution in [2.75, 3.05) is 6.61 Å². The first-order valence-electron chi connectivity index (χ1n) is 7.11. The third kappa shape index (κ3) is 3.47. The van der Waals surface area contributed by atoms with Gasteiger partial charge in [-0.15, -0.1) is 0 Å². The van der Waals surface area contributed by atoms with Crippen molar-refractivity contribution in [3.63, 3.8) is 0 Å². The lowest BCUT2D eigenvalue weighted by Gasteiger charge is -2.07. The minimum absolute atomic E-state index is 0.180. The Kier molecular flexibility index (Phi) is 4.94. The maximum atomic E-state index is 11.6. The lowest BCUT2D eigenvalue weighted by atomic mass is 10.0. The van der Waals surface area contributed by atoms with E-state index in [9.17, 15) is 4.79 Å². The van der Waals surface area contributed by atoms with Gasteiger partial charge in [-0.2, -0.15) is 0 Å². The second-order valence-electron chi connectivity index (χ2n) is 4.73. The van der Waals surface area contributed by atoms with Crippen molar-refractivity contribution in [1.82, 2.24) is 0 Å². The molecule has 0 saturated heterocycles. The van der Waals surface area contributed by atoms with E-state index in [1.54, 1.807) is 0 Å². The van der Waals surface area contributed by atoms with E-state index < -0.39 is 0 Å². The molecule has 0 spiro atoms. The molecule has 2 rings (SSSR count). The van der Waals surface area contributed by atoms with Crippen LogP contribution >= 0.6 is 0 Å². The van der Waals surface area contributed by atoms with E-state index in [2.05, 4.69) is 6.92 Å². The van der Waals surface area contributed by atoms with Gasteiger partial charge in [0.25, 0.3) is 0 Å². The van der Waals surface area contributed by atoms with E-state index in [0.717, 1.165) is 35.5 Å². The highest BCUT2D eigenvalue weighted by Gasteiger charge is 2.03. The van der Waals surface area contributed by atoms with Gasteiger partial charge in [-0.25, -0.2) is 0 Å². The number of carbonyl (C=O) groups is 1. The minimum atomic E-state index is 0.180. The standard InChI is InChI=1S/C18H20O2/c1-3-13-20-17-11-9-15(10-12-17)14-5-7-16(8-6-14)18(19)4-2/h5-12H,3-4,13H2,1-2H3. The molecule has 0 aliphatic heterocycles. The predicted octanol–water partition coefficient (Wildman–Crippen LogP) is 4.74. The Morgan fingerprint density at radius 2 is 1.45 bits per heavy atom. The molecular weight excluding hydrogens is 248 g/mol. The fraction of sp³-hybridized carbons (Fsp3) is 0.278. The molecule has 0 aliphatic carbocycles. The van der Waals surface area contributed by atoms with Crippen molar-refractivity contribution in [2.24, 2.45) is 0 Å². The van der Waals surface area contributed by atoms with Crippen LogP contribution in [0.4, 0.5) is 0 Å². The zero-order chi connectivity index (χ0) is 14.4. The van der Waals surface area contributed by atoms with Gasteiger partial charge >= 0.3 is 0 Å². The Labute approximate surface area is 120 Å². The van der Waals surface area contributed by atoms with Crippen molar-refractivity contribution in [2.45, 2.75) is 26.7 Å². The van der Waals surface area contributed by atoms with Crippen LogP contribution in [0.3, 0.4) is 0 Å². The molecule has 2 aromatic carbocycles. The molecule has 0 aliphatic rings. The van der Waals surface area contributed by atoms with Gasteiger partial charge in [0.15, 0.2) is 5.78 Å². The maximum absolute atomic E-state index is 11.6. The summed E-state index contributed by atoms with van der Waals surface area (Å²) < 4.78 is 5.57. The zero-order valence-corrected chi connectivity index (χ0v) is 12.1. The van der Waals surface area contributed by atoms with Crippen LogP contribution < -0.4 is 4.74 Å². The average Bonchev–Trinajstić information content (AvgIpc) is 2.53. The fourth-order valence-electron chi connectivity index (χ4n) is 2.02. The molecule has 0 unspecified atom stereocenters. The van der Waals surface area contributed by atoms with Gasteiger partial charge in [-0.3, -0.25) is 4.79 Å². The molecule has 0 saturated carbocycles. The van der Waals surface area contributed by atoms with Crippen LogP contribution in [-0.2, 0) is 0 Å². The van der Waals surface area contributed by atoms with Crippen LogP contribution in [0.15, 0.2) is 48.5 Å². The predicted molar refractivity (Wildman–Crippen MR) is 82.3 cm³/mol. The second-order valence-corrected chi connectivity index (χ2v) is 4.73. The Hall–Kier alpha value is -2.09. The van der Waals surface area contributed by atoms with Crippen LogP contribution in [0.5, 0.6) is 5.75 Å². The number of ether oxygens (including phenoxy) is 1. The lowest BCUT2D eigenvalue weighted by molar-refractivity contribution is 0.0988. The van der Waals surface area contributed by atoms with Crippen molar-refractivity contribution in [3.8, 4) is 16.9 Å². The van der Waals surface area contributed by atoms with Gasteiger partial charge in [-0.05, 0) is 29.7 Å². The highest BCUT2D eigenvalue weighted by Crippen LogP contribution is 2.23. The van der Waals surface area contributed by atoms with Crippen molar-refractivity contribution in [3.05, 3.63) is 54.1 Å². The monoisotopic (exact) mass is 268 g/mol. The van der Waals surface area contributed by atoms with Crippen LogP contribution in [0, 0.1) is 0 Å². The number of Topliss-reactive ketones (excluding diaryl/α,β-unsaturated/α-hetero) is 1. The van der Waals surface area contributed by atoms with E-state index in [4.69, 9.17) is 4.74 Å². The Morgan fingerprint density at radius 1 is 0.900 bits per heavy atom. The molecule has 2 aromatic rings. The van der Waals surface area contributed by atoms with Crippen molar-refractivity contribution in [1.29, 1.82) is 0 Å². The third-order valence-electron chi connectivity index (χ3n) is 3.19. The van der Waals surface area contributed by atoms with Crippen molar-refractivity contribution >= 4 is 5.78 Å². The lowest BCUT2D eigenvalue weighted by Crippen LogP contribution is -1.96. The molecule has 104 valence electrons. The first kappa shape index (κ1) is 14.3. The molecule has 2 nitrogen and oxygen atoms in total. The first-order valence-corrected chi connectivity index (χ1v) is 7.11. The Bertz CT molecular complexity index is 553. The molecule has 0 heterocycles. The summed E-state index contributed by atoms with van der Waals surface area (Å²) in [6.07, 6.45) is 1.55. The van der Waals surface area contributed by atoms with Crippen LogP contribution in [0.2, 0.25) is 0 Å². The summed E-state index contributed by atoms with van der Waals surface area (Å²) in [7, 11) is 0. The molecule has 2 heteroatoms. The number of hydrogen-bond donors (Lipinski definition) is 0. The number of benzene rings is 2. The minimum Gasteiger partial charge on any atom is -0.494 e. The third-order valence-corrected chi connectivity index (χ3v) is 3.19. The fourth-order valence-corrected chi connectivity index (χ4v) is 2.02. The van der Waals surface area contributed by atoms with E-state index in [1.807, 2.05) is 55.5 Å². The number of carbonyl (C=O) groups excluding carboxylic acids is 1. The molecule has 20 heavy (non-hydrogen) atoms. The quantitative estimate of drug-likeness (QED) is 0.708. The smallest absolute Gasteiger partial charge is 0.162 e. The van der Waals surface area contributed by atoms with Crippen LogP contribution in [0.1, 0.15) is 37.0 Å². The molecule has 0 fully saturated rings. The van der Waals surface area contributed by atoms with Crippen LogP contribution in [-0.4, -0.2) is 12.4 Å². The molecule has 0 amide bonds. The van der Waals surface area contributed by atoms with Gasteiger partial charge < -0.3 is 4.74 Å². The normalized spacial score (nSPS) is 10.3. The molecule has 0 atom stereocenters. The Balaban J connectivity index is 2.13. The summed E-state index contributed by atoms with van der Waals surface area (Å²) in [5.74, 6) is 1.08. The molecule has 0 bridgehead atoms. The molecule has 0 N–H and O–H groups in total. The summed E-state index contributed by atoms with van der Waals surface area (Å²) in [6.45, 7) is 4.71. The average molecular weight is 268 g/mol. The summed E-state index contributed by atoms with van der Waals surface area (Å²) in [5.41, 5.74) is 3.02. The van der Waals surface area contributed by atoms with Gasteiger partial charge in [-0.1, -0.05) is 50.2 Å². The van der Waals surface area contributed by atoms with Gasteiger partial charge in [0, 0.05) is 12.0 Å². The number of rotatable bonds is 6. The first-order chi connectivity index (χ1) is 9.74. The van der Waals surface area contributed by atoms with E-state index in [0.29, 0.717) is 6.42 Å². The van der Waals surface area contributed by atoms with Crippen molar-refractivity contribution < 1.29 is 9.53 Å². The zero-order valence-electron chi connectivity index (χ0n) is 12.1. The van der Waals surface area contributed by atoms with E-state index in [1.165, 1.54) is 0 Å². The summed E-state index contributed by atoms with van der Waals surface area (Å²) in [5, 5.41) is 0. The maximum Gasteiger partial charge on any atom is 0.162 e. The van der Waals surface area contributed by atoms with Gasteiger partial charge in [0.2, 0.25) is 0 Å².